The fraction of sp³-hybridized carbons (Fsp3) is 0.469. The lowest BCUT2D eigenvalue weighted by molar-refractivity contribution is -0.148. The summed E-state index contributed by atoms with van der Waals surface area (Å²) >= 11 is 6.85. The second kappa shape index (κ2) is 14.7. The molecule has 2 aliphatic rings. The summed E-state index contributed by atoms with van der Waals surface area (Å²) in [7, 11) is 1.62. The van der Waals surface area contributed by atoms with Gasteiger partial charge in [-0.1, -0.05) is 49.5 Å². The van der Waals surface area contributed by atoms with Crippen molar-refractivity contribution in [2.24, 2.45) is 5.92 Å². The van der Waals surface area contributed by atoms with E-state index in [-0.39, 0.29) is 28.9 Å². The third-order valence-electron chi connectivity index (χ3n) is 7.93. The van der Waals surface area contributed by atoms with E-state index >= 15 is 0 Å². The quantitative estimate of drug-likeness (QED) is 0.193. The molecule has 43 heavy (non-hydrogen) atoms. The lowest BCUT2D eigenvalue weighted by Gasteiger charge is -2.35. The maximum absolute atomic E-state index is 13.6. The number of carbonyl (C=O) groups excluding carboxylic acids is 2. The molecule has 4 rings (SSSR count). The molecule has 2 saturated heterocycles. The second-order valence-corrected chi connectivity index (χ2v) is 12.3. The van der Waals surface area contributed by atoms with Crippen molar-refractivity contribution < 1.29 is 19.1 Å². The molecule has 0 bridgehead atoms. The number of carbonyl (C=O) groups is 2. The van der Waals surface area contributed by atoms with Gasteiger partial charge in [-0.2, -0.15) is 5.26 Å². The van der Waals surface area contributed by atoms with Gasteiger partial charge in [0.25, 0.3) is 11.5 Å². The molecule has 0 N–H and O–H groups in total. The minimum atomic E-state index is -0.333. The van der Waals surface area contributed by atoms with Crippen molar-refractivity contribution in [3.8, 4) is 11.8 Å². The number of aromatic nitrogens is 1. The fourth-order valence-electron chi connectivity index (χ4n) is 5.45. The number of pyridine rings is 1. The van der Waals surface area contributed by atoms with Crippen LogP contribution in [0.15, 0.2) is 34.0 Å². The van der Waals surface area contributed by atoms with Gasteiger partial charge in [0.1, 0.15) is 27.5 Å². The summed E-state index contributed by atoms with van der Waals surface area (Å²) in [4.78, 5) is 43.8. The van der Waals surface area contributed by atoms with E-state index in [0.29, 0.717) is 78.2 Å². The third-order valence-corrected chi connectivity index (χ3v) is 9.31. The minimum absolute atomic E-state index is 0.0718. The van der Waals surface area contributed by atoms with Gasteiger partial charge in [-0.05, 0) is 68.9 Å². The number of esters is 1. The number of nitriles is 1. The SMILES string of the molecule is CCCCn1c(N2CCC(C(=O)OCC)CC2)c(/C=C2/SC(=S)N(CCc3ccc(OC)cc3)C2=O)c(C)c(C#N)c1=O. The molecule has 11 heteroatoms. The van der Waals surface area contributed by atoms with Crippen LogP contribution in [0.5, 0.6) is 5.75 Å². The number of hydrogen-bond acceptors (Lipinski definition) is 9. The summed E-state index contributed by atoms with van der Waals surface area (Å²) < 4.78 is 12.6. The molecule has 9 nitrogen and oxygen atoms in total. The Hall–Kier alpha value is -3.62. The monoisotopic (exact) mass is 622 g/mol. The number of benzene rings is 1. The summed E-state index contributed by atoms with van der Waals surface area (Å²) in [6.07, 6.45) is 5.22. The van der Waals surface area contributed by atoms with E-state index in [1.54, 1.807) is 36.5 Å². The van der Waals surface area contributed by atoms with Crippen LogP contribution in [0.2, 0.25) is 0 Å². The number of unbranched alkanes of at least 4 members (excludes halogenated alkanes) is 1. The summed E-state index contributed by atoms with van der Waals surface area (Å²) in [6.45, 7) is 7.92. The van der Waals surface area contributed by atoms with Gasteiger partial charge < -0.3 is 14.4 Å². The first kappa shape index (κ1) is 32.3. The number of nitrogens with zero attached hydrogens (tertiary/aromatic N) is 4. The average Bonchev–Trinajstić information content (AvgIpc) is 3.28. The van der Waals surface area contributed by atoms with E-state index in [9.17, 15) is 19.6 Å². The summed E-state index contributed by atoms with van der Waals surface area (Å²) in [6, 6.07) is 9.82. The van der Waals surface area contributed by atoms with Gasteiger partial charge in [-0.25, -0.2) is 0 Å². The molecule has 2 aliphatic heterocycles. The van der Waals surface area contributed by atoms with Crippen molar-refractivity contribution in [1.29, 1.82) is 5.26 Å². The number of anilines is 1. The van der Waals surface area contributed by atoms with Gasteiger partial charge in [0.05, 0.1) is 24.5 Å². The highest BCUT2D eigenvalue weighted by Gasteiger charge is 2.34. The van der Waals surface area contributed by atoms with Gasteiger partial charge in [0.2, 0.25) is 0 Å². The molecule has 2 aromatic rings. The van der Waals surface area contributed by atoms with Gasteiger partial charge in [-0.3, -0.25) is 23.9 Å². The van der Waals surface area contributed by atoms with Crippen molar-refractivity contribution in [1.82, 2.24) is 9.47 Å². The zero-order valence-corrected chi connectivity index (χ0v) is 26.8. The van der Waals surface area contributed by atoms with E-state index in [2.05, 4.69) is 11.0 Å². The van der Waals surface area contributed by atoms with Crippen molar-refractivity contribution in [3.05, 3.63) is 61.8 Å². The molecule has 0 atom stereocenters. The minimum Gasteiger partial charge on any atom is -0.497 e. The Balaban J connectivity index is 1.69. The Kier molecular flexibility index (Phi) is 11.0. The van der Waals surface area contributed by atoms with Crippen molar-refractivity contribution in [3.63, 3.8) is 0 Å². The number of hydrogen-bond donors (Lipinski definition) is 0. The van der Waals surface area contributed by atoms with Gasteiger partial charge in [-0.15, -0.1) is 0 Å². The zero-order chi connectivity index (χ0) is 31.1. The molecule has 228 valence electrons. The molecular formula is C32H38N4O5S2. The molecule has 1 aromatic carbocycles. The van der Waals surface area contributed by atoms with Crippen LogP contribution in [0, 0.1) is 24.2 Å². The highest BCUT2D eigenvalue weighted by Crippen LogP contribution is 2.37. The number of piperidine rings is 1. The van der Waals surface area contributed by atoms with Gasteiger partial charge >= 0.3 is 5.97 Å². The highest BCUT2D eigenvalue weighted by molar-refractivity contribution is 8.26. The normalized spacial score (nSPS) is 16.6. The number of methoxy groups -OCH3 is 1. The highest BCUT2D eigenvalue weighted by atomic mass is 32.2. The van der Waals surface area contributed by atoms with Crippen molar-refractivity contribution >= 4 is 52.1 Å². The predicted octanol–water partition coefficient (Wildman–Crippen LogP) is 5.06. The van der Waals surface area contributed by atoms with E-state index in [4.69, 9.17) is 21.7 Å². The smallest absolute Gasteiger partial charge is 0.309 e. The number of thioether (sulfide) groups is 1. The zero-order valence-electron chi connectivity index (χ0n) is 25.2. The van der Waals surface area contributed by atoms with Crippen LogP contribution in [-0.2, 0) is 27.3 Å². The largest absolute Gasteiger partial charge is 0.497 e. The van der Waals surface area contributed by atoms with Crippen LogP contribution in [0.1, 0.15) is 61.8 Å². The molecule has 1 aromatic heterocycles. The van der Waals surface area contributed by atoms with Crippen LogP contribution in [-0.4, -0.2) is 59.0 Å². The molecule has 3 heterocycles. The Labute approximate surface area is 262 Å². The molecule has 2 fully saturated rings. The first-order chi connectivity index (χ1) is 20.7. The number of thiocarbonyl (C=S) groups is 1. The average molecular weight is 623 g/mol. The number of rotatable bonds is 11. The van der Waals surface area contributed by atoms with Gasteiger partial charge in [0, 0.05) is 31.7 Å². The molecule has 0 spiro atoms. The van der Waals surface area contributed by atoms with Gasteiger partial charge in [0.15, 0.2) is 0 Å². The molecule has 0 radical (unpaired) electrons. The maximum Gasteiger partial charge on any atom is 0.309 e. The lowest BCUT2D eigenvalue weighted by Crippen LogP contribution is -2.41. The van der Waals surface area contributed by atoms with Crippen molar-refractivity contribution in [2.75, 3.05) is 38.3 Å². The Morgan fingerprint density at radius 3 is 2.47 bits per heavy atom. The lowest BCUT2D eigenvalue weighted by atomic mass is 9.95. The topological polar surface area (TPSA) is 105 Å². The van der Waals surface area contributed by atoms with E-state index in [1.165, 1.54) is 11.8 Å². The van der Waals surface area contributed by atoms with Crippen LogP contribution in [0.25, 0.3) is 6.08 Å². The molecule has 0 unspecified atom stereocenters. The Bertz CT molecular complexity index is 1500. The summed E-state index contributed by atoms with van der Waals surface area (Å²) in [5.41, 5.74) is 2.00. The Morgan fingerprint density at radius 1 is 1.16 bits per heavy atom. The van der Waals surface area contributed by atoms with Crippen LogP contribution < -0.4 is 15.2 Å². The summed E-state index contributed by atoms with van der Waals surface area (Å²) in [5, 5.41) is 9.97. The standard InChI is InChI=1S/C32H38N4O5S2/c1-5-7-15-35-28(34-16-13-23(14-17-34)31(39)41-6-2)25(21(3)26(20-33)29(35)37)19-27-30(38)36(32(42)43-27)18-12-22-8-10-24(40-4)11-9-22/h8-11,19,23H,5-7,12-18H2,1-4H3/b27-19+. The fourth-order valence-corrected chi connectivity index (χ4v) is 6.74. The first-order valence-electron chi connectivity index (χ1n) is 14.7. The van der Waals surface area contributed by atoms with Crippen LogP contribution >= 0.6 is 24.0 Å². The van der Waals surface area contributed by atoms with E-state index in [0.717, 1.165) is 24.2 Å². The van der Waals surface area contributed by atoms with E-state index < -0.39 is 0 Å². The van der Waals surface area contributed by atoms with Crippen LogP contribution in [0.4, 0.5) is 5.82 Å². The molecule has 0 aliphatic carbocycles. The number of ether oxygens (including phenoxy) is 2. The van der Waals surface area contributed by atoms with Crippen LogP contribution in [0.3, 0.4) is 0 Å². The summed E-state index contributed by atoms with van der Waals surface area (Å²) in [5.74, 6) is 0.864. The van der Waals surface area contributed by atoms with Crippen molar-refractivity contribution in [2.45, 2.75) is 59.4 Å². The maximum atomic E-state index is 13.6. The van der Waals surface area contributed by atoms with E-state index in [1.807, 2.05) is 31.2 Å². The third kappa shape index (κ3) is 7.13. The second-order valence-electron chi connectivity index (χ2n) is 10.6. The molecule has 1 amide bonds. The molecular weight excluding hydrogens is 585 g/mol. The number of amides is 1. The molecule has 0 saturated carbocycles. The Morgan fingerprint density at radius 2 is 1.86 bits per heavy atom. The predicted molar refractivity (Wildman–Crippen MR) is 173 cm³/mol. The first-order valence-corrected chi connectivity index (χ1v) is 15.9.